The van der Waals surface area contributed by atoms with Crippen LogP contribution in [0.25, 0.3) is 5.69 Å². The summed E-state index contributed by atoms with van der Waals surface area (Å²) >= 11 is 7.46. The van der Waals surface area contributed by atoms with Gasteiger partial charge in [-0.15, -0.1) is 10.2 Å². The van der Waals surface area contributed by atoms with E-state index in [1.807, 2.05) is 59.2 Å². The third-order valence-corrected chi connectivity index (χ3v) is 6.41. The van der Waals surface area contributed by atoms with E-state index in [1.54, 1.807) is 18.2 Å². The summed E-state index contributed by atoms with van der Waals surface area (Å²) in [4.78, 5) is 12.5. The Bertz CT molecular complexity index is 1310. The van der Waals surface area contributed by atoms with E-state index in [9.17, 15) is 4.79 Å². The Labute approximate surface area is 211 Å². The molecule has 8 nitrogen and oxygen atoms in total. The van der Waals surface area contributed by atoms with Gasteiger partial charge >= 0.3 is 0 Å². The highest BCUT2D eigenvalue weighted by atomic mass is 35.5. The molecule has 3 aromatic carbocycles. The van der Waals surface area contributed by atoms with Gasteiger partial charge in [0.05, 0.1) is 6.54 Å². The molecule has 35 heavy (non-hydrogen) atoms. The quantitative estimate of drug-likeness (QED) is 0.294. The summed E-state index contributed by atoms with van der Waals surface area (Å²) < 4.78 is 12.7. The summed E-state index contributed by atoms with van der Waals surface area (Å²) in [5.41, 5.74) is 2.57. The fraction of sp³-hybridized carbons (Fsp3) is 0.160. The van der Waals surface area contributed by atoms with Crippen molar-refractivity contribution < 1.29 is 14.3 Å². The van der Waals surface area contributed by atoms with E-state index in [-0.39, 0.29) is 12.7 Å². The first-order valence-corrected chi connectivity index (χ1v) is 12.3. The van der Waals surface area contributed by atoms with Crippen LogP contribution in [0.4, 0.5) is 11.4 Å². The summed E-state index contributed by atoms with van der Waals surface area (Å²) in [6.07, 6.45) is 0.319. The normalized spacial score (nSPS) is 11.9. The van der Waals surface area contributed by atoms with E-state index in [2.05, 4.69) is 20.8 Å². The number of benzene rings is 3. The Morgan fingerprint density at radius 1 is 0.971 bits per heavy atom. The van der Waals surface area contributed by atoms with Crippen LogP contribution in [-0.2, 0) is 11.3 Å². The van der Waals surface area contributed by atoms with Gasteiger partial charge in [-0.1, -0.05) is 41.6 Å². The van der Waals surface area contributed by atoms with Crippen LogP contribution in [0.5, 0.6) is 11.5 Å². The first-order chi connectivity index (χ1) is 17.2. The summed E-state index contributed by atoms with van der Waals surface area (Å²) in [6.45, 7) is 0.678. The molecular formula is C25H22ClN5O3S. The number of thioether (sulfide) groups is 1. The molecule has 0 spiro atoms. The minimum atomic E-state index is -0.0910. The molecule has 1 aliphatic heterocycles. The van der Waals surface area contributed by atoms with Gasteiger partial charge in [-0.25, -0.2) is 0 Å². The van der Waals surface area contributed by atoms with Crippen molar-refractivity contribution in [3.63, 3.8) is 0 Å². The highest BCUT2D eigenvalue weighted by molar-refractivity contribution is 7.99. The highest BCUT2D eigenvalue weighted by Crippen LogP contribution is 2.34. The maximum Gasteiger partial charge on any atom is 0.231 e. The lowest BCUT2D eigenvalue weighted by molar-refractivity contribution is -0.115. The molecule has 5 rings (SSSR count). The van der Waals surface area contributed by atoms with E-state index >= 15 is 0 Å². The maximum atomic E-state index is 12.5. The van der Waals surface area contributed by atoms with Crippen molar-refractivity contribution in [3.8, 4) is 17.2 Å². The third-order valence-electron chi connectivity index (χ3n) is 5.23. The van der Waals surface area contributed by atoms with E-state index in [1.165, 1.54) is 11.8 Å². The molecule has 0 fully saturated rings. The van der Waals surface area contributed by atoms with Crippen molar-refractivity contribution in [3.05, 3.63) is 83.6 Å². The zero-order valence-corrected chi connectivity index (χ0v) is 20.2. The van der Waals surface area contributed by atoms with Crippen LogP contribution in [0.15, 0.2) is 78.0 Å². The van der Waals surface area contributed by atoms with Gasteiger partial charge in [-0.3, -0.25) is 9.36 Å². The SMILES string of the molecule is O=C(CCSc1nnc(CNc2ccc(Cl)cc2)n1-c1ccccc1)Nc1ccc2c(c1)OCO2. The number of fused-ring (bicyclic) bond motifs is 1. The number of amides is 1. The van der Waals surface area contributed by atoms with Crippen molar-refractivity contribution in [1.82, 2.24) is 14.8 Å². The molecule has 0 aliphatic carbocycles. The fourth-order valence-corrected chi connectivity index (χ4v) is 4.56. The average Bonchev–Trinajstić information content (AvgIpc) is 3.51. The molecule has 0 saturated heterocycles. The number of hydrogen-bond acceptors (Lipinski definition) is 7. The molecule has 0 saturated carbocycles. The van der Waals surface area contributed by atoms with Gasteiger partial charge in [-0.05, 0) is 48.5 Å². The second kappa shape index (κ2) is 10.7. The standard InChI is InChI=1S/C25H22ClN5O3S/c26-17-6-8-18(9-7-17)27-15-23-29-30-25(31(23)20-4-2-1-3-5-20)35-13-12-24(32)28-19-10-11-21-22(14-19)34-16-33-21/h1-11,14,27H,12-13,15-16H2,(H,28,32). The van der Waals surface area contributed by atoms with E-state index in [0.29, 0.717) is 40.9 Å². The molecule has 2 heterocycles. The third kappa shape index (κ3) is 5.70. The smallest absolute Gasteiger partial charge is 0.231 e. The predicted octanol–water partition coefficient (Wildman–Crippen LogP) is 5.38. The van der Waals surface area contributed by atoms with Crippen LogP contribution in [0.1, 0.15) is 12.2 Å². The molecule has 0 bridgehead atoms. The maximum absolute atomic E-state index is 12.5. The molecule has 4 aromatic rings. The average molecular weight is 508 g/mol. The van der Waals surface area contributed by atoms with Gasteiger partial charge < -0.3 is 20.1 Å². The monoisotopic (exact) mass is 507 g/mol. The number of carbonyl (C=O) groups excluding carboxylic acids is 1. The van der Waals surface area contributed by atoms with E-state index in [0.717, 1.165) is 22.4 Å². The number of nitrogens with zero attached hydrogens (tertiary/aromatic N) is 3. The predicted molar refractivity (Wildman–Crippen MR) is 137 cm³/mol. The lowest BCUT2D eigenvalue weighted by atomic mass is 10.2. The zero-order valence-electron chi connectivity index (χ0n) is 18.6. The van der Waals surface area contributed by atoms with Crippen molar-refractivity contribution >= 4 is 40.6 Å². The first-order valence-electron chi connectivity index (χ1n) is 11.0. The van der Waals surface area contributed by atoms with E-state index in [4.69, 9.17) is 21.1 Å². The molecule has 10 heteroatoms. The number of hydrogen-bond donors (Lipinski definition) is 2. The molecule has 1 aliphatic rings. The summed E-state index contributed by atoms with van der Waals surface area (Å²) in [7, 11) is 0. The summed E-state index contributed by atoms with van der Waals surface area (Å²) in [5.74, 6) is 2.53. The summed E-state index contributed by atoms with van der Waals surface area (Å²) in [5, 5.41) is 16.5. The van der Waals surface area contributed by atoms with E-state index < -0.39 is 0 Å². The Morgan fingerprint density at radius 2 is 1.74 bits per heavy atom. The second-order valence-corrected chi connectivity index (χ2v) is 9.14. The number of anilines is 2. The van der Waals surface area contributed by atoms with Crippen LogP contribution in [0.3, 0.4) is 0 Å². The number of nitrogens with one attached hydrogen (secondary N) is 2. The molecule has 0 atom stereocenters. The zero-order chi connectivity index (χ0) is 24.0. The van der Waals surface area contributed by atoms with Crippen LogP contribution in [-0.4, -0.2) is 33.2 Å². The fourth-order valence-electron chi connectivity index (χ4n) is 3.53. The molecular weight excluding hydrogens is 486 g/mol. The van der Waals surface area contributed by atoms with Gasteiger partial charge in [0.1, 0.15) is 0 Å². The van der Waals surface area contributed by atoms with Gasteiger partial charge in [0.15, 0.2) is 22.5 Å². The van der Waals surface area contributed by atoms with Crippen LogP contribution in [0, 0.1) is 0 Å². The lowest BCUT2D eigenvalue weighted by Crippen LogP contribution is -2.12. The Balaban J connectivity index is 1.23. The second-order valence-electron chi connectivity index (χ2n) is 7.64. The van der Waals surface area contributed by atoms with Crippen molar-refractivity contribution in [2.24, 2.45) is 0 Å². The number of para-hydroxylation sites is 1. The number of rotatable bonds is 9. The molecule has 1 aromatic heterocycles. The largest absolute Gasteiger partial charge is 0.454 e. The van der Waals surface area contributed by atoms with Crippen molar-refractivity contribution in [2.45, 2.75) is 18.1 Å². The molecule has 2 N–H and O–H groups in total. The molecule has 0 radical (unpaired) electrons. The minimum Gasteiger partial charge on any atom is -0.454 e. The van der Waals surface area contributed by atoms with Crippen molar-refractivity contribution in [2.75, 3.05) is 23.2 Å². The van der Waals surface area contributed by atoms with Gasteiger partial charge in [0.2, 0.25) is 12.7 Å². The molecule has 178 valence electrons. The Morgan fingerprint density at radius 3 is 2.57 bits per heavy atom. The number of ether oxygens (including phenoxy) is 2. The Kier molecular flexibility index (Phi) is 7.06. The lowest BCUT2D eigenvalue weighted by Gasteiger charge is -2.11. The molecule has 1 amide bonds. The topological polar surface area (TPSA) is 90.3 Å². The van der Waals surface area contributed by atoms with Crippen LogP contribution in [0.2, 0.25) is 5.02 Å². The number of aromatic nitrogens is 3. The highest BCUT2D eigenvalue weighted by Gasteiger charge is 2.16. The van der Waals surface area contributed by atoms with Crippen molar-refractivity contribution in [1.29, 1.82) is 0 Å². The Hall–Kier alpha value is -3.69. The summed E-state index contributed by atoms with van der Waals surface area (Å²) in [6, 6.07) is 22.8. The van der Waals surface area contributed by atoms with Gasteiger partial charge in [-0.2, -0.15) is 0 Å². The van der Waals surface area contributed by atoms with Crippen LogP contribution < -0.4 is 20.1 Å². The van der Waals surface area contributed by atoms with Crippen LogP contribution >= 0.6 is 23.4 Å². The molecule has 0 unspecified atom stereocenters. The van der Waals surface area contributed by atoms with Gasteiger partial charge in [0, 0.05) is 40.3 Å². The number of halogens is 1. The number of carbonyl (C=O) groups is 1. The minimum absolute atomic E-state index is 0.0910. The van der Waals surface area contributed by atoms with Gasteiger partial charge in [0.25, 0.3) is 0 Å². The first kappa shape index (κ1) is 23.1.